The number of thioether (sulfide) groups is 2. The number of amides is 1. The van der Waals surface area contributed by atoms with Crippen molar-refractivity contribution in [3.8, 4) is 11.8 Å². The molecule has 1 aromatic carbocycles. The summed E-state index contributed by atoms with van der Waals surface area (Å²) >= 11 is 2.61. The van der Waals surface area contributed by atoms with Crippen LogP contribution in [-0.2, 0) is 20.7 Å². The van der Waals surface area contributed by atoms with E-state index in [1.165, 1.54) is 5.57 Å². The van der Waals surface area contributed by atoms with Gasteiger partial charge in [0.25, 0.3) is 5.91 Å². The Hall–Kier alpha value is -3.07. The van der Waals surface area contributed by atoms with Crippen LogP contribution in [0, 0.1) is 39.9 Å². The van der Waals surface area contributed by atoms with E-state index in [0.29, 0.717) is 24.9 Å². The number of allylic oxidation sites excluding steroid dienone is 1. The van der Waals surface area contributed by atoms with E-state index in [-0.39, 0.29) is 46.4 Å². The van der Waals surface area contributed by atoms with E-state index in [4.69, 9.17) is 9.84 Å². The van der Waals surface area contributed by atoms with Crippen LogP contribution in [0.4, 0.5) is 0 Å². The van der Waals surface area contributed by atoms with Crippen LogP contribution >= 0.6 is 23.5 Å². The zero-order valence-corrected chi connectivity index (χ0v) is 29.2. The summed E-state index contributed by atoms with van der Waals surface area (Å²) in [5, 5.41) is 28.8. The predicted octanol–water partition coefficient (Wildman–Crippen LogP) is 5.59. The number of nitrogens with zero attached hydrogens (tertiary/aromatic N) is 3. The number of aliphatic hydroxyl groups is 1. The molecule has 1 aromatic heterocycles. The second-order valence-electron chi connectivity index (χ2n) is 14.0. The van der Waals surface area contributed by atoms with Crippen LogP contribution in [0.5, 0.6) is 0 Å². The molecule has 4 aliphatic carbocycles. The first-order valence-electron chi connectivity index (χ1n) is 16.6. The van der Waals surface area contributed by atoms with Crippen LogP contribution in [0.25, 0.3) is 11.8 Å². The lowest BCUT2D eigenvalue weighted by molar-refractivity contribution is -0.196. The van der Waals surface area contributed by atoms with Gasteiger partial charge in [0.2, 0.25) is 5.12 Å². The van der Waals surface area contributed by atoms with Crippen molar-refractivity contribution in [2.45, 2.75) is 77.4 Å². The van der Waals surface area contributed by atoms with Crippen molar-refractivity contribution in [3.05, 3.63) is 52.9 Å². The van der Waals surface area contributed by atoms with E-state index in [0.717, 1.165) is 60.1 Å². The molecule has 4 aliphatic rings. The number of carbonyl (C=O) groups is 3. The highest BCUT2D eigenvalue weighted by Gasteiger charge is 2.70. The largest absolute Gasteiger partial charge is 0.449 e. The number of benzene rings is 1. The maximum Gasteiger partial charge on any atom is 0.306 e. The minimum Gasteiger partial charge on any atom is -0.449 e. The zero-order valence-electron chi connectivity index (χ0n) is 27.6. The van der Waals surface area contributed by atoms with Crippen molar-refractivity contribution >= 4 is 46.6 Å². The Morgan fingerprint density at radius 2 is 2.06 bits per heavy atom. The van der Waals surface area contributed by atoms with Gasteiger partial charge < -0.3 is 15.2 Å². The normalized spacial score (nSPS) is 32.1. The van der Waals surface area contributed by atoms with Gasteiger partial charge in [0.1, 0.15) is 0 Å². The first-order chi connectivity index (χ1) is 22.5. The van der Waals surface area contributed by atoms with Gasteiger partial charge >= 0.3 is 5.97 Å². The molecule has 2 N–H and O–H groups in total. The van der Waals surface area contributed by atoms with Gasteiger partial charge in [-0.1, -0.05) is 44.2 Å². The highest BCUT2D eigenvalue weighted by molar-refractivity contribution is 8.14. The minimum atomic E-state index is -1.35. The summed E-state index contributed by atoms with van der Waals surface area (Å²) in [6.07, 6.45) is 9.61. The number of hydrogen-bond donors (Lipinski definition) is 2. The van der Waals surface area contributed by atoms with Crippen LogP contribution in [0.2, 0.25) is 0 Å². The van der Waals surface area contributed by atoms with Crippen LogP contribution in [0.3, 0.4) is 0 Å². The van der Waals surface area contributed by atoms with E-state index < -0.39 is 23.1 Å². The third kappa shape index (κ3) is 5.54. The number of carbonyl (C=O) groups excluding carboxylic acids is 3. The van der Waals surface area contributed by atoms with E-state index in [2.05, 4.69) is 18.3 Å². The molecule has 0 radical (unpaired) electrons. The van der Waals surface area contributed by atoms with Gasteiger partial charge in [-0.25, -0.2) is 4.68 Å². The van der Waals surface area contributed by atoms with Crippen LogP contribution < -0.4 is 5.32 Å². The number of ether oxygens (including phenoxy) is 1. The molecule has 0 aliphatic heterocycles. The number of esters is 1. The standard InChI is InChI=1S/C36H44N4O5S2/c1-5-30(42)45-36(33(44)47-15-13-37)12-11-27-26-10-9-24-18-28-23(19-34(24,2)31(26)29(41)20-35(27,36)3)21-39-40(28)25-8-6-7-22(17-25)32(43)38-14-16-46-4/h6-8,17-18,21,26-27,29,31,41H,5,9-12,14-16,19-20H2,1-4H3,(H,38,43)/t26-,27?,29-,31?,34-,35-,36-/m0/s1. The van der Waals surface area contributed by atoms with E-state index in [1.807, 2.05) is 54.4 Å². The van der Waals surface area contributed by atoms with Crippen molar-refractivity contribution in [2.24, 2.45) is 28.6 Å². The van der Waals surface area contributed by atoms with E-state index >= 15 is 0 Å². The van der Waals surface area contributed by atoms with Crippen molar-refractivity contribution < 1.29 is 24.2 Å². The molecule has 3 fully saturated rings. The zero-order chi connectivity index (χ0) is 33.6. The molecule has 2 aromatic rings. The van der Waals surface area contributed by atoms with Gasteiger partial charge in [-0.05, 0) is 97.8 Å². The maximum absolute atomic E-state index is 13.8. The van der Waals surface area contributed by atoms with Gasteiger partial charge in [-0.3, -0.25) is 14.4 Å². The number of fused-ring (bicyclic) bond motifs is 6. The van der Waals surface area contributed by atoms with Gasteiger partial charge in [-0.2, -0.15) is 22.1 Å². The Morgan fingerprint density at radius 1 is 1.26 bits per heavy atom. The predicted molar refractivity (Wildman–Crippen MR) is 184 cm³/mol. The third-order valence-corrected chi connectivity index (χ3v) is 13.1. The molecule has 9 nitrogen and oxygen atoms in total. The molecule has 7 atom stereocenters. The Morgan fingerprint density at radius 3 is 2.81 bits per heavy atom. The molecular weight excluding hydrogens is 633 g/mol. The molecule has 47 heavy (non-hydrogen) atoms. The second-order valence-corrected chi connectivity index (χ2v) is 15.9. The maximum atomic E-state index is 13.8. The minimum absolute atomic E-state index is 0.00244. The first kappa shape index (κ1) is 33.8. The molecule has 1 amide bonds. The van der Waals surface area contributed by atoms with E-state index in [9.17, 15) is 24.8 Å². The lowest BCUT2D eigenvalue weighted by Crippen LogP contribution is -2.62. The summed E-state index contributed by atoms with van der Waals surface area (Å²) in [5.74, 6) is 0.554. The van der Waals surface area contributed by atoms with Crippen LogP contribution in [0.15, 0.2) is 36.0 Å². The first-order valence-corrected chi connectivity index (χ1v) is 19.0. The molecule has 2 unspecified atom stereocenters. The number of nitrogens with one attached hydrogen (secondary N) is 1. The number of aromatic nitrogens is 2. The molecule has 0 saturated heterocycles. The average Bonchev–Trinajstić information content (AvgIpc) is 3.59. The number of aliphatic hydroxyl groups excluding tert-OH is 1. The fourth-order valence-corrected chi connectivity index (χ4v) is 10.7. The van der Waals surface area contributed by atoms with Crippen molar-refractivity contribution in [1.82, 2.24) is 15.1 Å². The number of hydrogen-bond acceptors (Lipinski definition) is 9. The van der Waals surface area contributed by atoms with Gasteiger partial charge in [-0.15, -0.1) is 0 Å². The Bertz CT molecular complexity index is 1650. The SMILES string of the molecule is CCC(=O)O[C@]1(C(=O)SCC#N)CCC2[C@@H]3CCC4=Cc5c(cnn5-c5cccc(C(=O)NCCSC)c5)C[C@]4(C)C3[C@@H](O)C[C@@]21C. The van der Waals surface area contributed by atoms with E-state index in [1.54, 1.807) is 18.7 Å². The Kier molecular flexibility index (Phi) is 9.42. The molecule has 11 heteroatoms. The number of rotatable bonds is 9. The lowest BCUT2D eigenvalue weighted by Gasteiger charge is -2.60. The van der Waals surface area contributed by atoms with Gasteiger partial charge in [0.05, 0.1) is 35.5 Å². The molecule has 6 rings (SSSR count). The summed E-state index contributed by atoms with van der Waals surface area (Å²) in [7, 11) is 0. The summed E-state index contributed by atoms with van der Waals surface area (Å²) in [6.45, 7) is 6.64. The molecule has 3 saturated carbocycles. The van der Waals surface area contributed by atoms with Crippen LogP contribution in [-0.4, -0.2) is 67.9 Å². The van der Waals surface area contributed by atoms with Crippen LogP contribution in [0.1, 0.15) is 80.9 Å². The molecule has 250 valence electrons. The topological polar surface area (TPSA) is 134 Å². The molecule has 0 bridgehead atoms. The fourth-order valence-electron chi connectivity index (χ4n) is 9.55. The quantitative estimate of drug-likeness (QED) is 0.257. The summed E-state index contributed by atoms with van der Waals surface area (Å²) in [5.41, 5.74) is 2.46. The lowest BCUT2D eigenvalue weighted by atomic mass is 9.45. The summed E-state index contributed by atoms with van der Waals surface area (Å²) in [6, 6.07) is 9.59. The molecule has 1 heterocycles. The monoisotopic (exact) mass is 676 g/mol. The molecular formula is C36H44N4O5S2. The van der Waals surface area contributed by atoms with Crippen molar-refractivity contribution in [2.75, 3.05) is 24.3 Å². The van der Waals surface area contributed by atoms with Gasteiger partial charge in [0, 0.05) is 29.7 Å². The molecule has 0 spiro atoms. The highest BCUT2D eigenvalue weighted by atomic mass is 32.2. The Balaban J connectivity index is 1.30. The number of nitriles is 1. The Labute approximate surface area is 285 Å². The smallest absolute Gasteiger partial charge is 0.306 e. The second kappa shape index (κ2) is 13.1. The highest BCUT2D eigenvalue weighted by Crippen LogP contribution is 2.68. The summed E-state index contributed by atoms with van der Waals surface area (Å²) < 4.78 is 8.02. The van der Waals surface area contributed by atoms with Gasteiger partial charge in [0.15, 0.2) is 5.60 Å². The fraction of sp³-hybridized carbons (Fsp3) is 0.583. The van der Waals surface area contributed by atoms with Crippen molar-refractivity contribution in [3.63, 3.8) is 0 Å². The summed E-state index contributed by atoms with van der Waals surface area (Å²) in [4.78, 5) is 39.3. The third-order valence-electron chi connectivity index (χ3n) is 11.7. The average molecular weight is 677 g/mol. The van der Waals surface area contributed by atoms with Crippen molar-refractivity contribution in [1.29, 1.82) is 5.26 Å².